The van der Waals surface area contributed by atoms with E-state index in [4.69, 9.17) is 4.98 Å². The van der Waals surface area contributed by atoms with Gasteiger partial charge in [0.15, 0.2) is 5.82 Å². The van der Waals surface area contributed by atoms with Gasteiger partial charge in [0.2, 0.25) is 0 Å². The van der Waals surface area contributed by atoms with E-state index in [0.717, 1.165) is 48.1 Å². The summed E-state index contributed by atoms with van der Waals surface area (Å²) in [5, 5.41) is 1.14. The largest absolute Gasteiger partial charge is 0.292 e. The number of hydrogen-bond acceptors (Lipinski definition) is 6. The first-order valence-electron chi connectivity index (χ1n) is 8.10. The Kier molecular flexibility index (Phi) is 4.08. The second kappa shape index (κ2) is 6.37. The van der Waals surface area contributed by atoms with Crippen LogP contribution in [0.3, 0.4) is 0 Å². The minimum atomic E-state index is 0.709. The molecule has 24 heavy (non-hydrogen) atoms. The van der Waals surface area contributed by atoms with Crippen LogP contribution in [0.4, 0.5) is 0 Å². The number of pyridine rings is 1. The highest BCUT2D eigenvalue weighted by Gasteiger charge is 2.20. The van der Waals surface area contributed by atoms with Gasteiger partial charge in [0.1, 0.15) is 5.69 Å². The highest BCUT2D eigenvalue weighted by molar-refractivity contribution is 7.11. The molecule has 0 saturated carbocycles. The molecule has 1 aliphatic rings. The summed E-state index contributed by atoms with van der Waals surface area (Å²) < 4.78 is 0. The van der Waals surface area contributed by atoms with Gasteiger partial charge in [0.05, 0.1) is 16.4 Å². The molecule has 6 heteroatoms. The Morgan fingerprint density at radius 2 is 2.08 bits per heavy atom. The number of rotatable bonds is 3. The molecule has 0 N–H and O–H groups in total. The van der Waals surface area contributed by atoms with Crippen molar-refractivity contribution in [2.75, 3.05) is 6.54 Å². The zero-order valence-corrected chi connectivity index (χ0v) is 14.7. The molecule has 0 radical (unpaired) electrons. The molecule has 122 valence electrons. The second-order valence-electron chi connectivity index (χ2n) is 6.08. The maximum atomic E-state index is 4.78. The van der Waals surface area contributed by atoms with Crippen LogP contribution in [0.5, 0.6) is 0 Å². The van der Waals surface area contributed by atoms with E-state index in [-0.39, 0.29) is 0 Å². The van der Waals surface area contributed by atoms with Crippen LogP contribution in [0.1, 0.15) is 26.8 Å². The summed E-state index contributed by atoms with van der Waals surface area (Å²) in [4.78, 5) is 21.9. The summed E-state index contributed by atoms with van der Waals surface area (Å²) >= 11 is 1.79. The van der Waals surface area contributed by atoms with Crippen molar-refractivity contribution in [2.45, 2.75) is 33.4 Å². The summed E-state index contributed by atoms with van der Waals surface area (Å²) in [5.41, 5.74) is 4.35. The van der Waals surface area contributed by atoms with Gasteiger partial charge in [-0.25, -0.2) is 15.0 Å². The van der Waals surface area contributed by atoms with Gasteiger partial charge in [-0.15, -0.1) is 11.3 Å². The zero-order valence-electron chi connectivity index (χ0n) is 13.9. The smallest absolute Gasteiger partial charge is 0.178 e. The fourth-order valence-corrected chi connectivity index (χ4v) is 4.01. The van der Waals surface area contributed by atoms with E-state index in [1.807, 2.05) is 24.4 Å². The Labute approximate surface area is 145 Å². The highest BCUT2D eigenvalue weighted by Crippen LogP contribution is 2.24. The molecule has 0 saturated heterocycles. The van der Waals surface area contributed by atoms with Gasteiger partial charge < -0.3 is 0 Å². The quantitative estimate of drug-likeness (QED) is 0.735. The van der Waals surface area contributed by atoms with Crippen molar-refractivity contribution in [3.8, 4) is 11.5 Å². The molecule has 4 rings (SSSR count). The summed E-state index contributed by atoms with van der Waals surface area (Å²) in [6.45, 7) is 7.00. The number of hydrogen-bond donors (Lipinski definition) is 0. The van der Waals surface area contributed by atoms with E-state index in [9.17, 15) is 0 Å². The molecule has 0 amide bonds. The molecule has 0 atom stereocenters. The molecular formula is C18H19N5S. The van der Waals surface area contributed by atoms with Gasteiger partial charge in [0.25, 0.3) is 0 Å². The standard InChI is InChI=1S/C18H19N5S/c1-12-17(24-13(2)21-12)11-23-8-6-14-9-20-18(22-16(14)10-23)15-5-3-4-7-19-15/h3-5,7,9H,6,8,10-11H2,1-2H3. The third-order valence-electron chi connectivity index (χ3n) is 4.29. The average molecular weight is 337 g/mol. The lowest BCUT2D eigenvalue weighted by Gasteiger charge is -2.27. The molecule has 0 unspecified atom stereocenters. The minimum Gasteiger partial charge on any atom is -0.292 e. The number of fused-ring (bicyclic) bond motifs is 1. The molecule has 3 aromatic rings. The lowest BCUT2D eigenvalue weighted by Crippen LogP contribution is -2.31. The Bertz CT molecular complexity index is 859. The van der Waals surface area contributed by atoms with Crippen LogP contribution >= 0.6 is 11.3 Å². The van der Waals surface area contributed by atoms with E-state index in [1.165, 1.54) is 10.4 Å². The molecule has 0 aromatic carbocycles. The normalized spacial score (nSPS) is 14.6. The zero-order chi connectivity index (χ0) is 16.5. The molecule has 3 aromatic heterocycles. The van der Waals surface area contributed by atoms with Crippen LogP contribution in [0, 0.1) is 13.8 Å². The fraction of sp³-hybridized carbons (Fsp3) is 0.333. The average Bonchev–Trinajstić information content (AvgIpc) is 2.92. The van der Waals surface area contributed by atoms with Gasteiger partial charge in [-0.1, -0.05) is 6.07 Å². The first kappa shape index (κ1) is 15.4. The number of aryl methyl sites for hydroxylation is 2. The predicted molar refractivity (Wildman–Crippen MR) is 94.7 cm³/mol. The molecule has 0 aliphatic carbocycles. The van der Waals surface area contributed by atoms with E-state index >= 15 is 0 Å². The third-order valence-corrected chi connectivity index (χ3v) is 5.34. The molecule has 0 bridgehead atoms. The van der Waals surface area contributed by atoms with Crippen molar-refractivity contribution in [2.24, 2.45) is 0 Å². The van der Waals surface area contributed by atoms with Crippen molar-refractivity contribution in [1.82, 2.24) is 24.8 Å². The maximum absolute atomic E-state index is 4.78. The molecule has 0 spiro atoms. The Morgan fingerprint density at radius 1 is 1.17 bits per heavy atom. The first-order valence-corrected chi connectivity index (χ1v) is 8.92. The van der Waals surface area contributed by atoms with Crippen LogP contribution in [0.25, 0.3) is 11.5 Å². The maximum Gasteiger partial charge on any atom is 0.178 e. The van der Waals surface area contributed by atoms with Crippen molar-refractivity contribution in [3.05, 3.63) is 57.4 Å². The van der Waals surface area contributed by atoms with Crippen LogP contribution in [-0.2, 0) is 19.5 Å². The number of aromatic nitrogens is 4. The van der Waals surface area contributed by atoms with Crippen LogP contribution in [0.15, 0.2) is 30.6 Å². The first-order chi connectivity index (χ1) is 11.7. The fourth-order valence-electron chi connectivity index (χ4n) is 3.03. The SMILES string of the molecule is Cc1nc(C)c(CN2CCc3cnc(-c4ccccn4)nc3C2)s1. The van der Waals surface area contributed by atoms with Gasteiger partial charge >= 0.3 is 0 Å². The summed E-state index contributed by atoms with van der Waals surface area (Å²) in [6, 6.07) is 5.82. The summed E-state index contributed by atoms with van der Waals surface area (Å²) in [5.74, 6) is 0.709. The molecule has 4 heterocycles. The van der Waals surface area contributed by atoms with Crippen LogP contribution in [-0.4, -0.2) is 31.4 Å². The van der Waals surface area contributed by atoms with Gasteiger partial charge in [-0.05, 0) is 38.0 Å². The summed E-state index contributed by atoms with van der Waals surface area (Å²) in [6.07, 6.45) is 4.74. The monoisotopic (exact) mass is 337 g/mol. The Morgan fingerprint density at radius 3 is 2.83 bits per heavy atom. The van der Waals surface area contributed by atoms with Crippen molar-refractivity contribution in [3.63, 3.8) is 0 Å². The lowest BCUT2D eigenvalue weighted by atomic mass is 10.1. The van der Waals surface area contributed by atoms with Crippen molar-refractivity contribution < 1.29 is 0 Å². The van der Waals surface area contributed by atoms with E-state index < -0.39 is 0 Å². The minimum absolute atomic E-state index is 0.709. The van der Waals surface area contributed by atoms with Gasteiger partial charge in [-0.2, -0.15) is 0 Å². The van der Waals surface area contributed by atoms with Gasteiger partial charge in [0, 0.05) is 36.9 Å². The molecular weight excluding hydrogens is 318 g/mol. The van der Waals surface area contributed by atoms with Crippen LogP contribution < -0.4 is 0 Å². The van der Waals surface area contributed by atoms with E-state index in [2.05, 4.69) is 33.7 Å². The van der Waals surface area contributed by atoms with E-state index in [0.29, 0.717) is 5.82 Å². The second-order valence-corrected chi connectivity index (χ2v) is 7.37. The Hall–Kier alpha value is -2.18. The van der Waals surface area contributed by atoms with Crippen molar-refractivity contribution in [1.29, 1.82) is 0 Å². The van der Waals surface area contributed by atoms with Crippen molar-refractivity contribution >= 4 is 11.3 Å². The number of nitrogens with zero attached hydrogens (tertiary/aromatic N) is 5. The van der Waals surface area contributed by atoms with Crippen LogP contribution in [0.2, 0.25) is 0 Å². The predicted octanol–water partition coefficient (Wildman–Crippen LogP) is 3.17. The topological polar surface area (TPSA) is 54.8 Å². The van der Waals surface area contributed by atoms with Gasteiger partial charge in [-0.3, -0.25) is 9.88 Å². The number of thiazole rings is 1. The lowest BCUT2D eigenvalue weighted by molar-refractivity contribution is 0.243. The van der Waals surface area contributed by atoms with E-state index in [1.54, 1.807) is 17.5 Å². The molecule has 1 aliphatic heterocycles. The summed E-state index contributed by atoms with van der Waals surface area (Å²) in [7, 11) is 0. The molecule has 5 nitrogen and oxygen atoms in total. The molecule has 0 fully saturated rings. The third kappa shape index (κ3) is 3.07. The highest BCUT2D eigenvalue weighted by atomic mass is 32.1. The Balaban J connectivity index is 1.56.